The van der Waals surface area contributed by atoms with Gasteiger partial charge in [-0.05, 0) is 19.3 Å². The molecule has 96 valence electrons. The fourth-order valence-electron chi connectivity index (χ4n) is 4.04. The van der Waals surface area contributed by atoms with Crippen LogP contribution in [-0.2, 0) is 14.2 Å². The van der Waals surface area contributed by atoms with Crippen LogP contribution in [0.1, 0.15) is 39.0 Å². The van der Waals surface area contributed by atoms with Gasteiger partial charge in [-0.25, -0.2) is 0 Å². The van der Waals surface area contributed by atoms with Crippen molar-refractivity contribution in [2.24, 2.45) is 0 Å². The molecule has 0 amide bonds. The quantitative estimate of drug-likeness (QED) is 0.732. The SMILES string of the molecule is CCC[C@H]1CC[C@@H]2O[C@@H]3C[C@@]2(O1)[C@H]1O[C@H]1[C@H]3O. The molecule has 3 heterocycles. The monoisotopic (exact) mass is 240 g/mol. The molecule has 1 saturated carbocycles. The van der Waals surface area contributed by atoms with Crippen molar-refractivity contribution in [2.75, 3.05) is 0 Å². The predicted molar refractivity (Wildman–Crippen MR) is 59.7 cm³/mol. The minimum Gasteiger partial charge on any atom is -0.388 e. The van der Waals surface area contributed by atoms with Crippen LogP contribution in [0, 0.1) is 0 Å². The Morgan fingerprint density at radius 3 is 3.00 bits per heavy atom. The number of aliphatic hydroxyl groups excluding tert-OH is 1. The minimum absolute atomic E-state index is 0.0286. The summed E-state index contributed by atoms with van der Waals surface area (Å²) in [6, 6.07) is 0. The summed E-state index contributed by atoms with van der Waals surface area (Å²) in [5.74, 6) is 0. The van der Waals surface area contributed by atoms with Crippen LogP contribution in [0.15, 0.2) is 0 Å². The highest BCUT2D eigenvalue weighted by Crippen LogP contribution is 2.56. The van der Waals surface area contributed by atoms with E-state index in [2.05, 4.69) is 6.92 Å². The standard InChI is InChI=1S/C13H20O4/c1-2-3-7-4-5-9-13(17-7)6-8(15-9)10(14)11-12(13)16-11/h7-12,14H,2-6H2,1H3/t7-,8+,9-,10-,11-,12-,13-/m0/s1. The van der Waals surface area contributed by atoms with Crippen molar-refractivity contribution in [1.82, 2.24) is 0 Å². The zero-order valence-corrected chi connectivity index (χ0v) is 10.2. The van der Waals surface area contributed by atoms with Crippen LogP contribution in [0.3, 0.4) is 0 Å². The topological polar surface area (TPSA) is 51.2 Å². The van der Waals surface area contributed by atoms with Gasteiger partial charge in [0.2, 0.25) is 0 Å². The summed E-state index contributed by atoms with van der Waals surface area (Å²) in [7, 11) is 0. The Balaban J connectivity index is 1.61. The second kappa shape index (κ2) is 3.44. The first-order valence-corrected chi connectivity index (χ1v) is 6.91. The molecule has 2 bridgehead atoms. The first-order chi connectivity index (χ1) is 8.24. The maximum atomic E-state index is 10.0. The van der Waals surface area contributed by atoms with Gasteiger partial charge in [-0.15, -0.1) is 0 Å². The van der Waals surface area contributed by atoms with Crippen LogP contribution < -0.4 is 0 Å². The molecular weight excluding hydrogens is 220 g/mol. The van der Waals surface area contributed by atoms with Gasteiger partial charge in [-0.1, -0.05) is 13.3 Å². The summed E-state index contributed by atoms with van der Waals surface area (Å²) < 4.78 is 18.0. The van der Waals surface area contributed by atoms with E-state index in [-0.39, 0.29) is 30.0 Å². The van der Waals surface area contributed by atoms with Crippen LogP contribution in [0.25, 0.3) is 0 Å². The zero-order valence-electron chi connectivity index (χ0n) is 10.2. The molecule has 4 nitrogen and oxygen atoms in total. The number of rotatable bonds is 2. The Morgan fingerprint density at radius 1 is 1.29 bits per heavy atom. The lowest BCUT2D eigenvalue weighted by atomic mass is 9.77. The van der Waals surface area contributed by atoms with Crippen LogP contribution in [0.2, 0.25) is 0 Å². The van der Waals surface area contributed by atoms with E-state index in [1.807, 2.05) is 0 Å². The fraction of sp³-hybridized carbons (Fsp3) is 1.00. The highest BCUT2D eigenvalue weighted by molar-refractivity contribution is 5.20. The first-order valence-electron chi connectivity index (χ1n) is 6.91. The molecule has 0 aromatic rings. The summed E-state index contributed by atoms with van der Waals surface area (Å²) >= 11 is 0. The number of fused-ring (bicyclic) bond motifs is 2. The lowest BCUT2D eigenvalue weighted by molar-refractivity contribution is -0.176. The third-order valence-corrected chi connectivity index (χ3v) is 4.88. The fourth-order valence-corrected chi connectivity index (χ4v) is 4.04. The first kappa shape index (κ1) is 10.7. The third kappa shape index (κ3) is 1.33. The average molecular weight is 240 g/mol. The highest BCUT2D eigenvalue weighted by Gasteiger charge is 2.72. The minimum atomic E-state index is -0.440. The molecule has 7 atom stereocenters. The van der Waals surface area contributed by atoms with Gasteiger partial charge in [0.15, 0.2) is 0 Å². The maximum Gasteiger partial charge on any atom is 0.126 e. The van der Waals surface area contributed by atoms with Gasteiger partial charge in [0, 0.05) is 6.42 Å². The average Bonchev–Trinajstić information content (AvgIpc) is 3.04. The molecule has 3 aliphatic heterocycles. The van der Waals surface area contributed by atoms with Crippen molar-refractivity contribution in [3.05, 3.63) is 0 Å². The third-order valence-electron chi connectivity index (χ3n) is 4.88. The Kier molecular flexibility index (Phi) is 2.17. The molecule has 4 rings (SSSR count). The van der Waals surface area contributed by atoms with Gasteiger partial charge in [-0.2, -0.15) is 0 Å². The Morgan fingerprint density at radius 2 is 2.18 bits per heavy atom. The number of hydrogen-bond acceptors (Lipinski definition) is 4. The van der Waals surface area contributed by atoms with Gasteiger partial charge in [0.25, 0.3) is 0 Å². The van der Waals surface area contributed by atoms with E-state index in [4.69, 9.17) is 14.2 Å². The summed E-state index contributed by atoms with van der Waals surface area (Å²) in [5.41, 5.74) is -0.230. The number of ether oxygens (including phenoxy) is 3. The zero-order chi connectivity index (χ0) is 11.6. The lowest BCUT2D eigenvalue weighted by Gasteiger charge is -2.42. The number of hydrogen-bond donors (Lipinski definition) is 1. The van der Waals surface area contributed by atoms with Crippen LogP contribution in [0.5, 0.6) is 0 Å². The molecule has 4 heteroatoms. The van der Waals surface area contributed by atoms with Crippen molar-refractivity contribution >= 4 is 0 Å². The van der Waals surface area contributed by atoms with E-state index >= 15 is 0 Å². The molecule has 4 aliphatic rings. The van der Waals surface area contributed by atoms with E-state index < -0.39 is 6.10 Å². The second-order valence-electron chi connectivity index (χ2n) is 5.94. The van der Waals surface area contributed by atoms with Crippen molar-refractivity contribution in [3.63, 3.8) is 0 Å². The van der Waals surface area contributed by atoms with Crippen molar-refractivity contribution in [3.8, 4) is 0 Å². The van der Waals surface area contributed by atoms with Crippen LogP contribution >= 0.6 is 0 Å². The van der Waals surface area contributed by atoms with E-state index in [1.165, 1.54) is 0 Å². The molecule has 0 aromatic carbocycles. The van der Waals surface area contributed by atoms with Gasteiger partial charge < -0.3 is 19.3 Å². The lowest BCUT2D eigenvalue weighted by Crippen LogP contribution is -2.55. The summed E-state index contributed by atoms with van der Waals surface area (Å²) in [5, 5.41) is 10.0. The Hall–Kier alpha value is -0.160. The predicted octanol–water partition coefficient (Wildman–Crippen LogP) is 1.00. The van der Waals surface area contributed by atoms with Crippen LogP contribution in [0.4, 0.5) is 0 Å². The molecule has 1 N–H and O–H groups in total. The van der Waals surface area contributed by atoms with Crippen molar-refractivity contribution < 1.29 is 19.3 Å². The number of epoxide rings is 1. The van der Waals surface area contributed by atoms with E-state index in [0.29, 0.717) is 6.10 Å². The number of aliphatic hydroxyl groups is 1. The largest absolute Gasteiger partial charge is 0.388 e. The molecular formula is C13H20O4. The molecule has 0 radical (unpaired) electrons. The van der Waals surface area contributed by atoms with Gasteiger partial charge >= 0.3 is 0 Å². The summed E-state index contributed by atoms with van der Waals surface area (Å²) in [4.78, 5) is 0. The second-order valence-corrected chi connectivity index (χ2v) is 5.94. The maximum absolute atomic E-state index is 10.0. The van der Waals surface area contributed by atoms with E-state index in [9.17, 15) is 5.11 Å². The van der Waals surface area contributed by atoms with Gasteiger partial charge in [0.1, 0.15) is 23.9 Å². The van der Waals surface area contributed by atoms with Gasteiger partial charge in [0.05, 0.1) is 18.3 Å². The van der Waals surface area contributed by atoms with Crippen molar-refractivity contribution in [1.29, 1.82) is 0 Å². The van der Waals surface area contributed by atoms with Crippen molar-refractivity contribution in [2.45, 2.75) is 81.3 Å². The molecule has 4 fully saturated rings. The molecule has 17 heavy (non-hydrogen) atoms. The summed E-state index contributed by atoms with van der Waals surface area (Å²) in [6.07, 6.45) is 5.30. The van der Waals surface area contributed by atoms with Crippen LogP contribution in [-0.4, -0.2) is 47.3 Å². The Labute approximate surface area is 101 Å². The van der Waals surface area contributed by atoms with E-state index in [1.54, 1.807) is 0 Å². The Bertz CT molecular complexity index is 333. The van der Waals surface area contributed by atoms with Gasteiger partial charge in [-0.3, -0.25) is 0 Å². The summed E-state index contributed by atoms with van der Waals surface area (Å²) in [6.45, 7) is 2.20. The molecule has 1 aliphatic carbocycles. The highest BCUT2D eigenvalue weighted by atomic mass is 16.7. The normalized spacial score (nSPS) is 59.6. The molecule has 1 spiro atoms. The molecule has 0 aromatic heterocycles. The molecule has 0 unspecified atom stereocenters. The van der Waals surface area contributed by atoms with E-state index in [0.717, 1.165) is 32.1 Å². The molecule has 3 saturated heterocycles. The smallest absolute Gasteiger partial charge is 0.126 e.